The van der Waals surface area contributed by atoms with Crippen LogP contribution in [0.2, 0.25) is 0 Å². The molecular weight excluding hydrogens is 308 g/mol. The van der Waals surface area contributed by atoms with E-state index in [4.69, 9.17) is 5.11 Å². The van der Waals surface area contributed by atoms with Crippen molar-refractivity contribution < 1.29 is 18.3 Å². The predicted octanol–water partition coefficient (Wildman–Crippen LogP) is 0.990. The minimum Gasteiger partial charge on any atom is -0.478 e. The first-order valence-corrected chi connectivity index (χ1v) is 7.67. The number of pyridine rings is 1. The molecule has 1 aromatic heterocycles. The summed E-state index contributed by atoms with van der Waals surface area (Å²) in [5.74, 6) is -1.22. The first-order chi connectivity index (χ1) is 10.2. The third-order valence-electron chi connectivity index (χ3n) is 3.09. The minimum absolute atomic E-state index is 0.0130. The molecule has 0 fully saturated rings. The molecule has 22 heavy (non-hydrogen) atoms. The highest BCUT2D eigenvalue weighted by molar-refractivity contribution is 7.89. The zero-order valence-electron chi connectivity index (χ0n) is 11.9. The number of hydrogen-bond donors (Lipinski definition) is 2. The summed E-state index contributed by atoms with van der Waals surface area (Å²) >= 11 is 0. The van der Waals surface area contributed by atoms with Crippen LogP contribution in [0.4, 0.5) is 0 Å². The maximum Gasteiger partial charge on any atom is 0.337 e. The van der Waals surface area contributed by atoms with Crippen molar-refractivity contribution >= 4 is 16.0 Å². The summed E-state index contributed by atoms with van der Waals surface area (Å²) in [6, 6.07) is 7.11. The number of carbonyl (C=O) groups is 1. The van der Waals surface area contributed by atoms with Gasteiger partial charge in [0.1, 0.15) is 0 Å². The maximum absolute atomic E-state index is 12.4. The Hall–Kier alpha value is -2.45. The van der Waals surface area contributed by atoms with Gasteiger partial charge in [-0.15, -0.1) is 0 Å². The number of carboxylic acids is 1. The van der Waals surface area contributed by atoms with E-state index in [1.165, 1.54) is 32.3 Å². The average Bonchev–Trinajstić information content (AvgIpc) is 2.47. The molecule has 0 spiro atoms. The van der Waals surface area contributed by atoms with E-state index in [0.717, 1.165) is 16.6 Å². The topological polar surface area (TPSA) is 108 Å². The highest BCUT2D eigenvalue weighted by Gasteiger charge is 2.23. The fourth-order valence-corrected chi connectivity index (χ4v) is 3.02. The van der Waals surface area contributed by atoms with Crippen molar-refractivity contribution in [1.29, 1.82) is 0 Å². The molecule has 0 aliphatic carbocycles. The van der Waals surface area contributed by atoms with Gasteiger partial charge < -0.3 is 10.1 Å². The van der Waals surface area contributed by atoms with Crippen LogP contribution in [0.3, 0.4) is 0 Å². The fraction of sp³-hybridized carbons (Fsp3) is 0.143. The van der Waals surface area contributed by atoms with Crippen LogP contribution >= 0.6 is 0 Å². The van der Waals surface area contributed by atoms with E-state index < -0.39 is 21.6 Å². The number of benzene rings is 1. The van der Waals surface area contributed by atoms with E-state index >= 15 is 0 Å². The van der Waals surface area contributed by atoms with E-state index in [-0.39, 0.29) is 21.6 Å². The molecule has 0 aliphatic rings. The monoisotopic (exact) mass is 322 g/mol. The van der Waals surface area contributed by atoms with Gasteiger partial charge in [0, 0.05) is 31.4 Å². The normalized spacial score (nSPS) is 11.6. The van der Waals surface area contributed by atoms with Gasteiger partial charge in [-0.2, -0.15) is 0 Å². The molecule has 8 heteroatoms. The number of rotatable bonds is 4. The van der Waals surface area contributed by atoms with E-state index in [2.05, 4.69) is 4.98 Å². The van der Waals surface area contributed by atoms with Crippen LogP contribution in [0.5, 0.6) is 0 Å². The van der Waals surface area contributed by atoms with Crippen LogP contribution in [0.25, 0.3) is 11.1 Å². The molecule has 0 saturated heterocycles. The van der Waals surface area contributed by atoms with Crippen LogP contribution in [0, 0.1) is 0 Å². The molecule has 1 heterocycles. The zero-order valence-corrected chi connectivity index (χ0v) is 12.7. The Balaban J connectivity index is 2.78. The lowest BCUT2D eigenvalue weighted by Crippen LogP contribution is -2.23. The molecule has 2 aromatic rings. The smallest absolute Gasteiger partial charge is 0.337 e. The highest BCUT2D eigenvalue weighted by Crippen LogP contribution is 2.26. The van der Waals surface area contributed by atoms with Crippen LogP contribution in [0.1, 0.15) is 10.4 Å². The molecule has 0 atom stereocenters. The molecule has 2 rings (SSSR count). The Morgan fingerprint density at radius 2 is 1.82 bits per heavy atom. The molecule has 0 amide bonds. The van der Waals surface area contributed by atoms with E-state index in [1.54, 1.807) is 6.07 Å². The molecule has 0 unspecified atom stereocenters. The lowest BCUT2D eigenvalue weighted by atomic mass is 10.1. The standard InChI is InChI=1S/C14H14N2O5S/c1-16(2)22(20,21)12-6-4-3-5-10(12)11-7-9(14(18)19)8-15-13(11)17/h3-8H,1-2H3,(H,15,17)(H,18,19). The summed E-state index contributed by atoms with van der Waals surface area (Å²) in [5, 5.41) is 9.02. The molecule has 2 N–H and O–H groups in total. The number of aromatic nitrogens is 1. The second kappa shape index (κ2) is 5.74. The fourth-order valence-electron chi connectivity index (χ4n) is 1.92. The van der Waals surface area contributed by atoms with Gasteiger partial charge in [0.15, 0.2) is 0 Å². The number of H-pyrrole nitrogens is 1. The number of carboxylic acid groups (broad SMARTS) is 1. The molecule has 1 aromatic carbocycles. The van der Waals surface area contributed by atoms with Gasteiger partial charge in [-0.1, -0.05) is 18.2 Å². The lowest BCUT2D eigenvalue weighted by molar-refractivity contribution is 0.0696. The number of aromatic amines is 1. The summed E-state index contributed by atoms with van der Waals surface area (Å²) in [6.45, 7) is 0. The van der Waals surface area contributed by atoms with Crippen molar-refractivity contribution in [2.45, 2.75) is 4.90 Å². The second-order valence-electron chi connectivity index (χ2n) is 4.72. The molecule has 0 saturated carbocycles. The van der Waals surface area contributed by atoms with Crippen molar-refractivity contribution in [3.05, 3.63) is 52.4 Å². The largest absolute Gasteiger partial charge is 0.478 e. The minimum atomic E-state index is -3.77. The van der Waals surface area contributed by atoms with Crippen molar-refractivity contribution in [2.75, 3.05) is 14.1 Å². The zero-order chi connectivity index (χ0) is 16.5. The first-order valence-electron chi connectivity index (χ1n) is 6.23. The summed E-state index contributed by atoms with van der Waals surface area (Å²) < 4.78 is 25.7. The Morgan fingerprint density at radius 1 is 1.18 bits per heavy atom. The quantitative estimate of drug-likeness (QED) is 0.873. The average molecular weight is 322 g/mol. The van der Waals surface area contributed by atoms with Gasteiger partial charge in [0.25, 0.3) is 5.56 Å². The Labute approximate surface area is 126 Å². The third kappa shape index (κ3) is 2.78. The van der Waals surface area contributed by atoms with E-state index in [9.17, 15) is 18.0 Å². The summed E-state index contributed by atoms with van der Waals surface area (Å²) in [6.07, 6.45) is 1.07. The van der Waals surface area contributed by atoms with Crippen LogP contribution in [0.15, 0.2) is 46.2 Å². The Kier molecular flexibility index (Phi) is 4.16. The van der Waals surface area contributed by atoms with Crippen molar-refractivity contribution in [3.63, 3.8) is 0 Å². The third-order valence-corrected chi connectivity index (χ3v) is 4.96. The SMILES string of the molecule is CN(C)S(=O)(=O)c1ccccc1-c1cc(C(=O)O)c[nH]c1=O. The van der Waals surface area contributed by atoms with Gasteiger partial charge in [0.05, 0.1) is 10.5 Å². The lowest BCUT2D eigenvalue weighted by Gasteiger charge is -2.15. The van der Waals surface area contributed by atoms with Crippen molar-refractivity contribution in [3.8, 4) is 11.1 Å². The number of sulfonamides is 1. The summed E-state index contributed by atoms with van der Waals surface area (Å²) in [7, 11) is -1.01. The van der Waals surface area contributed by atoms with Gasteiger partial charge >= 0.3 is 5.97 Å². The van der Waals surface area contributed by atoms with Gasteiger partial charge in [-0.05, 0) is 12.1 Å². The molecule has 0 aliphatic heterocycles. The van der Waals surface area contributed by atoms with Gasteiger partial charge in [-0.3, -0.25) is 4.79 Å². The van der Waals surface area contributed by atoms with Crippen molar-refractivity contribution in [2.24, 2.45) is 0 Å². The molecular formula is C14H14N2O5S. The Morgan fingerprint density at radius 3 is 2.41 bits per heavy atom. The maximum atomic E-state index is 12.4. The molecule has 0 radical (unpaired) electrons. The van der Waals surface area contributed by atoms with E-state index in [1.807, 2.05) is 0 Å². The second-order valence-corrected chi connectivity index (χ2v) is 6.84. The number of nitrogens with one attached hydrogen (secondary N) is 1. The molecule has 7 nitrogen and oxygen atoms in total. The van der Waals surface area contributed by atoms with Crippen LogP contribution < -0.4 is 5.56 Å². The highest BCUT2D eigenvalue weighted by atomic mass is 32.2. The summed E-state index contributed by atoms with van der Waals surface area (Å²) in [5.41, 5.74) is -0.556. The van der Waals surface area contributed by atoms with Gasteiger partial charge in [0.2, 0.25) is 10.0 Å². The van der Waals surface area contributed by atoms with Crippen molar-refractivity contribution in [1.82, 2.24) is 9.29 Å². The predicted molar refractivity (Wildman–Crippen MR) is 80.3 cm³/mol. The van der Waals surface area contributed by atoms with E-state index in [0.29, 0.717) is 0 Å². The number of hydrogen-bond acceptors (Lipinski definition) is 4. The molecule has 0 bridgehead atoms. The van der Waals surface area contributed by atoms with Crippen LogP contribution in [-0.4, -0.2) is 42.9 Å². The summed E-state index contributed by atoms with van der Waals surface area (Å²) in [4.78, 5) is 25.3. The van der Waals surface area contributed by atoms with Gasteiger partial charge in [-0.25, -0.2) is 17.5 Å². The first kappa shape index (κ1) is 15.9. The Bertz CT molecular complexity index is 884. The number of aromatic carboxylic acids is 1. The van der Waals surface area contributed by atoms with Crippen LogP contribution in [-0.2, 0) is 10.0 Å². The molecule has 116 valence electrons. The number of nitrogens with zero attached hydrogens (tertiary/aromatic N) is 1.